The lowest BCUT2D eigenvalue weighted by Gasteiger charge is -2.17. The second-order valence-corrected chi connectivity index (χ2v) is 9.18. The molecule has 2 nitrogen and oxygen atoms in total. The summed E-state index contributed by atoms with van der Waals surface area (Å²) < 4.78 is 5.34. The van der Waals surface area contributed by atoms with Crippen LogP contribution in [-0.2, 0) is 9.22 Å². The molecule has 0 aromatic rings. The standard InChI is InChI=1S/C11H24O2Si/c1-5-6-7-8-9-10-11(12)13-14(2,3)4/h5-10H2,1-4H3. The highest BCUT2D eigenvalue weighted by Gasteiger charge is 2.19. The lowest BCUT2D eigenvalue weighted by molar-refractivity contribution is -0.135. The predicted octanol–water partition coefficient (Wildman–Crippen LogP) is 3.73. The van der Waals surface area contributed by atoms with Crippen LogP contribution in [0, 0.1) is 0 Å². The van der Waals surface area contributed by atoms with E-state index < -0.39 is 8.32 Å². The van der Waals surface area contributed by atoms with Gasteiger partial charge in [-0.05, 0) is 26.1 Å². The van der Waals surface area contributed by atoms with Crippen molar-refractivity contribution in [3.63, 3.8) is 0 Å². The van der Waals surface area contributed by atoms with Crippen molar-refractivity contribution in [1.82, 2.24) is 0 Å². The van der Waals surface area contributed by atoms with E-state index in [-0.39, 0.29) is 5.97 Å². The van der Waals surface area contributed by atoms with Gasteiger partial charge in [-0.15, -0.1) is 0 Å². The van der Waals surface area contributed by atoms with Crippen molar-refractivity contribution >= 4 is 14.3 Å². The minimum atomic E-state index is -1.65. The van der Waals surface area contributed by atoms with Crippen LogP contribution in [-0.4, -0.2) is 14.3 Å². The van der Waals surface area contributed by atoms with E-state index in [2.05, 4.69) is 6.92 Å². The third kappa shape index (κ3) is 9.77. The summed E-state index contributed by atoms with van der Waals surface area (Å²) in [6.07, 6.45) is 6.53. The summed E-state index contributed by atoms with van der Waals surface area (Å²) in [7, 11) is -1.65. The Morgan fingerprint density at radius 1 is 1.07 bits per heavy atom. The van der Waals surface area contributed by atoms with Gasteiger partial charge in [0.15, 0.2) is 0 Å². The molecule has 0 unspecified atom stereocenters. The van der Waals surface area contributed by atoms with E-state index in [1.807, 2.05) is 19.6 Å². The molecule has 0 amide bonds. The van der Waals surface area contributed by atoms with Gasteiger partial charge in [-0.1, -0.05) is 32.6 Å². The molecular formula is C11H24O2Si. The summed E-state index contributed by atoms with van der Waals surface area (Å²) in [5.41, 5.74) is 0. The molecule has 3 heteroatoms. The van der Waals surface area contributed by atoms with Crippen molar-refractivity contribution in [3.05, 3.63) is 0 Å². The molecule has 0 saturated heterocycles. The third-order valence-corrected chi connectivity index (χ3v) is 2.74. The zero-order chi connectivity index (χ0) is 11.0. The maximum atomic E-state index is 11.3. The van der Waals surface area contributed by atoms with E-state index in [4.69, 9.17) is 4.43 Å². The fourth-order valence-corrected chi connectivity index (χ4v) is 2.05. The molecule has 0 radical (unpaired) electrons. The fourth-order valence-electron chi connectivity index (χ4n) is 1.27. The number of rotatable bonds is 7. The van der Waals surface area contributed by atoms with Crippen molar-refractivity contribution in [2.45, 2.75) is 65.1 Å². The summed E-state index contributed by atoms with van der Waals surface area (Å²) in [6, 6.07) is 0. The van der Waals surface area contributed by atoms with E-state index >= 15 is 0 Å². The maximum Gasteiger partial charge on any atom is 0.292 e. The van der Waals surface area contributed by atoms with Gasteiger partial charge < -0.3 is 4.43 Å². The van der Waals surface area contributed by atoms with Crippen LogP contribution < -0.4 is 0 Å². The Morgan fingerprint density at radius 3 is 2.14 bits per heavy atom. The second-order valence-electron chi connectivity index (χ2n) is 4.75. The Morgan fingerprint density at radius 2 is 1.64 bits per heavy atom. The Labute approximate surface area is 89.2 Å². The van der Waals surface area contributed by atoms with Crippen LogP contribution in [0.2, 0.25) is 19.6 Å². The number of hydrogen-bond acceptors (Lipinski definition) is 2. The van der Waals surface area contributed by atoms with E-state index in [9.17, 15) is 4.79 Å². The Bertz CT molecular complexity index is 161. The van der Waals surface area contributed by atoms with Gasteiger partial charge in [0.05, 0.1) is 0 Å². The Kier molecular flexibility index (Phi) is 6.88. The zero-order valence-electron chi connectivity index (χ0n) is 10.1. The number of unbranched alkanes of at least 4 members (excludes halogenated alkanes) is 4. The molecule has 0 aromatic carbocycles. The van der Waals surface area contributed by atoms with E-state index in [1.165, 1.54) is 19.3 Å². The largest absolute Gasteiger partial charge is 0.520 e. The summed E-state index contributed by atoms with van der Waals surface area (Å²) >= 11 is 0. The molecule has 0 aliphatic heterocycles. The van der Waals surface area contributed by atoms with Crippen molar-refractivity contribution in [2.24, 2.45) is 0 Å². The Hall–Kier alpha value is -0.313. The average Bonchev–Trinajstić information content (AvgIpc) is 2.00. The van der Waals surface area contributed by atoms with Gasteiger partial charge in [-0.2, -0.15) is 0 Å². The third-order valence-electron chi connectivity index (χ3n) is 1.90. The molecule has 0 bridgehead atoms. The topological polar surface area (TPSA) is 26.3 Å². The first-order valence-corrected chi connectivity index (χ1v) is 9.08. The lowest BCUT2D eigenvalue weighted by atomic mass is 10.1. The molecule has 0 rings (SSSR count). The molecule has 0 aliphatic carbocycles. The van der Waals surface area contributed by atoms with Crippen LogP contribution in [0.4, 0.5) is 0 Å². The maximum absolute atomic E-state index is 11.3. The van der Waals surface area contributed by atoms with Gasteiger partial charge in [0, 0.05) is 6.42 Å². The highest BCUT2D eigenvalue weighted by Crippen LogP contribution is 2.09. The number of hydrogen-bond donors (Lipinski definition) is 0. The molecular weight excluding hydrogens is 192 g/mol. The molecule has 14 heavy (non-hydrogen) atoms. The highest BCUT2D eigenvalue weighted by atomic mass is 28.4. The highest BCUT2D eigenvalue weighted by molar-refractivity contribution is 6.71. The van der Waals surface area contributed by atoms with Crippen LogP contribution >= 0.6 is 0 Å². The summed E-state index contributed by atoms with van der Waals surface area (Å²) in [6.45, 7) is 8.32. The SMILES string of the molecule is CCCCCCCC(=O)O[Si](C)(C)C. The Balaban J connectivity index is 3.36. The molecule has 84 valence electrons. The summed E-state index contributed by atoms with van der Waals surface area (Å²) in [4.78, 5) is 11.3. The second kappa shape index (κ2) is 7.04. The van der Waals surface area contributed by atoms with E-state index in [0.29, 0.717) is 6.42 Å². The predicted molar refractivity (Wildman–Crippen MR) is 62.8 cm³/mol. The molecule has 0 aromatic heterocycles. The van der Waals surface area contributed by atoms with Gasteiger partial charge in [0.25, 0.3) is 5.97 Å². The van der Waals surface area contributed by atoms with Gasteiger partial charge >= 0.3 is 0 Å². The van der Waals surface area contributed by atoms with E-state index in [1.54, 1.807) is 0 Å². The quantitative estimate of drug-likeness (QED) is 0.479. The minimum Gasteiger partial charge on any atom is -0.520 e. The van der Waals surface area contributed by atoms with Crippen molar-refractivity contribution in [1.29, 1.82) is 0 Å². The van der Waals surface area contributed by atoms with Crippen LogP contribution in [0.3, 0.4) is 0 Å². The van der Waals surface area contributed by atoms with E-state index in [0.717, 1.165) is 12.8 Å². The van der Waals surface area contributed by atoms with Crippen molar-refractivity contribution in [2.75, 3.05) is 0 Å². The molecule has 0 heterocycles. The lowest BCUT2D eigenvalue weighted by Crippen LogP contribution is -2.28. The summed E-state index contributed by atoms with van der Waals surface area (Å²) in [5, 5.41) is 0. The molecule has 0 N–H and O–H groups in total. The molecule has 0 atom stereocenters. The monoisotopic (exact) mass is 216 g/mol. The van der Waals surface area contributed by atoms with Crippen LogP contribution in [0.15, 0.2) is 0 Å². The van der Waals surface area contributed by atoms with Crippen LogP contribution in [0.5, 0.6) is 0 Å². The van der Waals surface area contributed by atoms with Gasteiger partial charge in [-0.3, -0.25) is 4.79 Å². The fraction of sp³-hybridized carbons (Fsp3) is 0.909. The van der Waals surface area contributed by atoms with Crippen LogP contribution in [0.25, 0.3) is 0 Å². The molecule has 0 saturated carbocycles. The first-order chi connectivity index (χ1) is 6.45. The smallest absolute Gasteiger partial charge is 0.292 e. The number of carbonyl (C=O) groups is 1. The van der Waals surface area contributed by atoms with Crippen molar-refractivity contribution in [3.8, 4) is 0 Å². The normalized spacial score (nSPS) is 11.4. The first kappa shape index (κ1) is 13.7. The first-order valence-electron chi connectivity index (χ1n) is 5.67. The van der Waals surface area contributed by atoms with Crippen LogP contribution in [0.1, 0.15) is 45.4 Å². The molecule has 0 fully saturated rings. The average molecular weight is 216 g/mol. The zero-order valence-corrected chi connectivity index (χ0v) is 11.1. The van der Waals surface area contributed by atoms with Gasteiger partial charge in [0.1, 0.15) is 0 Å². The minimum absolute atomic E-state index is 0.000616. The van der Waals surface area contributed by atoms with Gasteiger partial charge in [0.2, 0.25) is 8.32 Å². The molecule has 0 aliphatic rings. The number of carbonyl (C=O) groups excluding carboxylic acids is 1. The van der Waals surface area contributed by atoms with Crippen molar-refractivity contribution < 1.29 is 9.22 Å². The van der Waals surface area contributed by atoms with Gasteiger partial charge in [-0.25, -0.2) is 0 Å². The summed E-state index contributed by atoms with van der Waals surface area (Å²) in [5.74, 6) is 0.000616. The molecule has 0 spiro atoms.